The largest absolute Gasteiger partial charge is 0.410 e. The molecule has 0 aliphatic carbocycles. The van der Waals surface area contributed by atoms with E-state index < -0.39 is 24.2 Å². The number of hydrogen-bond acceptors (Lipinski definition) is 4. The third-order valence-electron chi connectivity index (χ3n) is 6.01. The topological polar surface area (TPSA) is 83.0 Å². The highest BCUT2D eigenvalue weighted by Gasteiger charge is 2.46. The number of nitrogens with zero attached hydrogens (tertiary/aromatic N) is 2. The molecule has 2 heterocycles. The van der Waals surface area contributed by atoms with Crippen LogP contribution in [0.2, 0.25) is 0 Å². The molecule has 11 heteroatoms. The summed E-state index contributed by atoms with van der Waals surface area (Å²) in [6.07, 6.45) is -4.78. The minimum Gasteiger partial charge on any atom is -0.363 e. The van der Waals surface area contributed by atoms with Gasteiger partial charge in [0.15, 0.2) is 16.8 Å². The van der Waals surface area contributed by atoms with E-state index in [2.05, 4.69) is 40.4 Å². The van der Waals surface area contributed by atoms with E-state index in [9.17, 15) is 18.0 Å². The Morgan fingerprint density at radius 3 is 2.47 bits per heavy atom. The molecule has 0 bridgehead atoms. The van der Waals surface area contributed by atoms with Crippen LogP contribution in [0.3, 0.4) is 0 Å². The Morgan fingerprint density at radius 1 is 1.14 bits per heavy atom. The smallest absolute Gasteiger partial charge is 0.363 e. The summed E-state index contributed by atoms with van der Waals surface area (Å²) >= 11 is 5.15. The van der Waals surface area contributed by atoms with Crippen molar-refractivity contribution in [2.75, 3.05) is 5.32 Å². The number of benzene rings is 2. The molecule has 0 fully saturated rings. The monoisotopic (exact) mass is 516 g/mol. The molecule has 0 spiro atoms. The van der Waals surface area contributed by atoms with E-state index in [1.807, 2.05) is 54.6 Å². The molecule has 4 N–H and O–H groups in total. The van der Waals surface area contributed by atoms with Crippen molar-refractivity contribution in [2.24, 2.45) is 0 Å². The molecule has 1 amide bonds. The van der Waals surface area contributed by atoms with Gasteiger partial charge in [0.05, 0.1) is 6.04 Å². The van der Waals surface area contributed by atoms with Gasteiger partial charge < -0.3 is 10.6 Å². The maximum atomic E-state index is 13.9. The van der Waals surface area contributed by atoms with Gasteiger partial charge in [-0.3, -0.25) is 15.6 Å². The van der Waals surface area contributed by atoms with Crippen LogP contribution in [0.15, 0.2) is 60.7 Å². The summed E-state index contributed by atoms with van der Waals surface area (Å²) in [5.74, 6) is -0.267. The summed E-state index contributed by atoms with van der Waals surface area (Å²) in [5.41, 5.74) is 7.60. The Morgan fingerprint density at radius 2 is 1.83 bits per heavy atom. The molecule has 4 rings (SSSR count). The molecule has 0 unspecified atom stereocenters. The lowest BCUT2D eigenvalue weighted by Gasteiger charge is -2.33. The first-order chi connectivity index (χ1) is 17.1. The van der Waals surface area contributed by atoms with Crippen molar-refractivity contribution in [3.63, 3.8) is 0 Å². The van der Waals surface area contributed by atoms with Crippen molar-refractivity contribution in [2.45, 2.75) is 51.0 Å². The standard InChI is InChI=1S/C25H27F3N6OS/c1-15(2)17-8-10-18(11-9-17)19-12-21(25(26,27)28)34-22(30-19)13-20(33-34)23(35)31-32-24(36)29-14-16-6-4-3-5-7-16/h3-11,13,15,19,21,30H,12,14H2,1-2H3,(H,31,35)(H2,29,32,36)/t19-,21+/m0/s1. The van der Waals surface area contributed by atoms with Crippen LogP contribution >= 0.6 is 12.2 Å². The number of aromatic nitrogens is 2. The van der Waals surface area contributed by atoms with Gasteiger partial charge in [0.1, 0.15) is 5.82 Å². The maximum absolute atomic E-state index is 13.9. The third kappa shape index (κ3) is 5.96. The van der Waals surface area contributed by atoms with Crippen LogP contribution in [0.4, 0.5) is 19.0 Å². The molecule has 2 atom stereocenters. The van der Waals surface area contributed by atoms with Crippen LogP contribution in [0, 0.1) is 0 Å². The summed E-state index contributed by atoms with van der Waals surface area (Å²) in [4.78, 5) is 12.6. The summed E-state index contributed by atoms with van der Waals surface area (Å²) in [6.45, 7) is 4.55. The van der Waals surface area contributed by atoms with E-state index >= 15 is 0 Å². The number of hydrazine groups is 1. The molecule has 2 aromatic carbocycles. The van der Waals surface area contributed by atoms with E-state index in [1.165, 1.54) is 6.07 Å². The number of carbonyl (C=O) groups is 1. The predicted molar refractivity (Wildman–Crippen MR) is 135 cm³/mol. The Bertz CT molecular complexity index is 1210. The van der Waals surface area contributed by atoms with Gasteiger partial charge in [-0.25, -0.2) is 4.68 Å². The lowest BCUT2D eigenvalue weighted by molar-refractivity contribution is -0.173. The van der Waals surface area contributed by atoms with Crippen molar-refractivity contribution in [3.05, 3.63) is 83.0 Å². The van der Waals surface area contributed by atoms with Crippen molar-refractivity contribution >= 4 is 29.1 Å². The first kappa shape index (κ1) is 25.5. The number of amides is 1. The highest BCUT2D eigenvalue weighted by Crippen LogP contribution is 2.43. The van der Waals surface area contributed by atoms with E-state index in [-0.39, 0.29) is 23.0 Å². The summed E-state index contributed by atoms with van der Waals surface area (Å²) in [6, 6.07) is 15.9. The number of fused-ring (bicyclic) bond motifs is 1. The summed E-state index contributed by atoms with van der Waals surface area (Å²) in [5, 5.41) is 10.2. The summed E-state index contributed by atoms with van der Waals surface area (Å²) < 4.78 is 42.7. The van der Waals surface area contributed by atoms with Crippen molar-refractivity contribution in [1.82, 2.24) is 25.9 Å². The molecule has 190 valence electrons. The number of hydrogen-bond donors (Lipinski definition) is 4. The van der Waals surface area contributed by atoms with Gasteiger partial charge in [0.25, 0.3) is 5.91 Å². The molecule has 3 aromatic rings. The van der Waals surface area contributed by atoms with Crippen molar-refractivity contribution in [3.8, 4) is 0 Å². The Balaban J connectivity index is 1.44. The van der Waals surface area contributed by atoms with Gasteiger partial charge in [-0.15, -0.1) is 0 Å². The fourth-order valence-corrected chi connectivity index (χ4v) is 4.14. The van der Waals surface area contributed by atoms with Gasteiger partial charge in [0, 0.05) is 19.0 Å². The fraction of sp³-hybridized carbons (Fsp3) is 0.320. The average Bonchev–Trinajstić information content (AvgIpc) is 3.30. The lowest BCUT2D eigenvalue weighted by atomic mass is 9.94. The molecule has 1 aromatic heterocycles. The molecule has 1 aliphatic heterocycles. The third-order valence-corrected chi connectivity index (χ3v) is 6.26. The van der Waals surface area contributed by atoms with Gasteiger partial charge in [0.2, 0.25) is 0 Å². The van der Waals surface area contributed by atoms with Crippen LogP contribution in [0.1, 0.15) is 65.4 Å². The van der Waals surface area contributed by atoms with E-state index in [1.54, 1.807) is 0 Å². The maximum Gasteiger partial charge on any atom is 0.410 e. The number of alkyl halides is 3. The second-order valence-electron chi connectivity index (χ2n) is 8.92. The number of thiocarbonyl (C=S) groups is 1. The molecule has 0 radical (unpaired) electrons. The van der Waals surface area contributed by atoms with Crippen molar-refractivity contribution < 1.29 is 18.0 Å². The number of rotatable bonds is 5. The van der Waals surface area contributed by atoms with Crippen molar-refractivity contribution in [1.29, 1.82) is 0 Å². The Labute approximate surface area is 212 Å². The van der Waals surface area contributed by atoms with Crippen LogP contribution in [0.25, 0.3) is 0 Å². The SMILES string of the molecule is CC(C)c1ccc([C@@H]2C[C@H](C(F)(F)F)n3nc(C(=O)NNC(=S)NCc4ccccc4)cc3N2)cc1. The molecular weight excluding hydrogens is 489 g/mol. The van der Waals surface area contributed by atoms with E-state index in [0.717, 1.165) is 21.4 Å². The van der Waals surface area contributed by atoms with E-state index in [4.69, 9.17) is 12.2 Å². The average molecular weight is 517 g/mol. The number of nitrogens with one attached hydrogen (secondary N) is 4. The fourth-order valence-electron chi connectivity index (χ4n) is 4.02. The Kier molecular flexibility index (Phi) is 7.48. The zero-order chi connectivity index (χ0) is 25.9. The minimum absolute atomic E-state index is 0.122. The van der Waals surface area contributed by atoms with Gasteiger partial charge >= 0.3 is 6.18 Å². The molecular formula is C25H27F3N6OS. The van der Waals surface area contributed by atoms with Crippen LogP contribution < -0.4 is 21.5 Å². The number of anilines is 1. The summed E-state index contributed by atoms with van der Waals surface area (Å²) in [7, 11) is 0. The lowest BCUT2D eigenvalue weighted by Crippen LogP contribution is -2.46. The van der Waals surface area contributed by atoms with Gasteiger partial charge in [-0.2, -0.15) is 18.3 Å². The second-order valence-corrected chi connectivity index (χ2v) is 9.33. The number of carbonyl (C=O) groups excluding carboxylic acids is 1. The number of halogens is 3. The molecule has 7 nitrogen and oxygen atoms in total. The highest BCUT2D eigenvalue weighted by molar-refractivity contribution is 7.80. The predicted octanol–water partition coefficient (Wildman–Crippen LogP) is 4.98. The highest BCUT2D eigenvalue weighted by atomic mass is 32.1. The normalized spacial score (nSPS) is 17.2. The molecule has 0 saturated heterocycles. The first-order valence-electron chi connectivity index (χ1n) is 11.5. The Hall–Kier alpha value is -3.60. The molecule has 0 saturated carbocycles. The zero-order valence-corrected chi connectivity index (χ0v) is 20.6. The minimum atomic E-state index is -4.53. The molecule has 1 aliphatic rings. The zero-order valence-electron chi connectivity index (χ0n) is 19.8. The van der Waals surface area contributed by atoms with Crippen LogP contribution in [0.5, 0.6) is 0 Å². The molecule has 36 heavy (non-hydrogen) atoms. The second kappa shape index (κ2) is 10.6. The van der Waals surface area contributed by atoms with Crippen LogP contribution in [-0.2, 0) is 6.54 Å². The van der Waals surface area contributed by atoms with Gasteiger partial charge in [-0.1, -0.05) is 68.4 Å². The quantitative estimate of drug-likeness (QED) is 0.283. The van der Waals surface area contributed by atoms with Crippen LogP contribution in [-0.4, -0.2) is 27.0 Å². The first-order valence-corrected chi connectivity index (χ1v) is 11.9. The van der Waals surface area contributed by atoms with E-state index in [0.29, 0.717) is 12.5 Å². The van der Waals surface area contributed by atoms with Gasteiger partial charge in [-0.05, 0) is 34.8 Å².